The standard InChI is InChI=1S/C19H31NO/c1-3-15-9-11-16(12-10-15)19(4-2)20-13-17-7-5-6-8-18(17)14-21/h9-12,17-21H,3-8,13-14H2,1-2H3. The minimum absolute atomic E-state index is 0.355. The van der Waals surface area contributed by atoms with Crippen LogP contribution in [0.5, 0.6) is 0 Å². The van der Waals surface area contributed by atoms with E-state index in [9.17, 15) is 5.11 Å². The minimum Gasteiger partial charge on any atom is -0.396 e. The van der Waals surface area contributed by atoms with Crippen LogP contribution in [0.3, 0.4) is 0 Å². The van der Waals surface area contributed by atoms with Crippen molar-refractivity contribution in [2.75, 3.05) is 13.2 Å². The van der Waals surface area contributed by atoms with Crippen molar-refractivity contribution in [3.05, 3.63) is 35.4 Å². The van der Waals surface area contributed by atoms with Crippen LogP contribution in [-0.4, -0.2) is 18.3 Å². The van der Waals surface area contributed by atoms with Gasteiger partial charge in [0.2, 0.25) is 0 Å². The molecular formula is C19H31NO. The SMILES string of the molecule is CCc1ccc(C(CC)NCC2CCCCC2CO)cc1. The molecule has 0 aromatic heterocycles. The molecule has 2 nitrogen and oxygen atoms in total. The van der Waals surface area contributed by atoms with E-state index in [0.29, 0.717) is 24.5 Å². The molecule has 1 aliphatic carbocycles. The summed E-state index contributed by atoms with van der Waals surface area (Å²) in [6.07, 6.45) is 7.29. The lowest BCUT2D eigenvalue weighted by atomic mass is 9.79. The van der Waals surface area contributed by atoms with Crippen LogP contribution in [0.15, 0.2) is 24.3 Å². The quantitative estimate of drug-likeness (QED) is 0.792. The molecule has 1 saturated carbocycles. The fourth-order valence-electron chi connectivity index (χ4n) is 3.57. The summed E-state index contributed by atoms with van der Waals surface area (Å²) in [5.74, 6) is 1.15. The van der Waals surface area contributed by atoms with E-state index < -0.39 is 0 Å². The average molecular weight is 289 g/mol. The smallest absolute Gasteiger partial charge is 0.0462 e. The van der Waals surface area contributed by atoms with E-state index in [1.165, 1.54) is 36.8 Å². The summed E-state index contributed by atoms with van der Waals surface area (Å²) in [4.78, 5) is 0. The Hall–Kier alpha value is -0.860. The summed E-state index contributed by atoms with van der Waals surface area (Å²) in [6, 6.07) is 9.47. The number of aryl methyl sites for hydroxylation is 1. The Kier molecular flexibility index (Phi) is 6.72. The molecule has 1 aromatic rings. The average Bonchev–Trinajstić information content (AvgIpc) is 2.56. The number of aliphatic hydroxyl groups excluding tert-OH is 1. The van der Waals surface area contributed by atoms with Gasteiger partial charge in [0.25, 0.3) is 0 Å². The predicted octanol–water partition coefficient (Wildman–Crippen LogP) is 4.09. The number of hydrogen-bond acceptors (Lipinski definition) is 2. The predicted molar refractivity (Wildman–Crippen MR) is 89.4 cm³/mol. The van der Waals surface area contributed by atoms with E-state index >= 15 is 0 Å². The van der Waals surface area contributed by atoms with Gasteiger partial charge in [-0.1, -0.05) is 51.0 Å². The van der Waals surface area contributed by atoms with Crippen LogP contribution in [0.25, 0.3) is 0 Å². The van der Waals surface area contributed by atoms with Crippen LogP contribution < -0.4 is 5.32 Å². The lowest BCUT2D eigenvalue weighted by Gasteiger charge is -2.32. The molecule has 21 heavy (non-hydrogen) atoms. The summed E-state index contributed by atoms with van der Waals surface area (Å²) in [7, 11) is 0. The van der Waals surface area contributed by atoms with Crippen LogP contribution in [0.4, 0.5) is 0 Å². The molecular weight excluding hydrogens is 258 g/mol. The fraction of sp³-hybridized carbons (Fsp3) is 0.684. The number of aliphatic hydroxyl groups is 1. The number of benzene rings is 1. The van der Waals surface area contributed by atoms with E-state index in [-0.39, 0.29) is 0 Å². The van der Waals surface area contributed by atoms with E-state index in [0.717, 1.165) is 19.4 Å². The molecule has 118 valence electrons. The van der Waals surface area contributed by atoms with E-state index in [4.69, 9.17) is 0 Å². The molecule has 0 spiro atoms. The Morgan fingerprint density at radius 2 is 1.76 bits per heavy atom. The highest BCUT2D eigenvalue weighted by Crippen LogP contribution is 2.30. The molecule has 2 rings (SSSR count). The summed E-state index contributed by atoms with van der Waals surface area (Å²) in [5.41, 5.74) is 2.80. The summed E-state index contributed by atoms with van der Waals surface area (Å²) in [6.45, 7) is 5.84. The Labute approximate surface area is 130 Å². The largest absolute Gasteiger partial charge is 0.396 e. The van der Waals surface area contributed by atoms with Gasteiger partial charge in [0.05, 0.1) is 0 Å². The minimum atomic E-state index is 0.355. The van der Waals surface area contributed by atoms with Crippen molar-refractivity contribution >= 4 is 0 Å². The summed E-state index contributed by atoms with van der Waals surface area (Å²) in [5, 5.41) is 13.3. The molecule has 0 heterocycles. The maximum Gasteiger partial charge on any atom is 0.0462 e. The topological polar surface area (TPSA) is 32.3 Å². The normalized spacial score (nSPS) is 24.0. The second-order valence-electron chi connectivity index (χ2n) is 6.45. The maximum atomic E-state index is 9.53. The second kappa shape index (κ2) is 8.55. The van der Waals surface area contributed by atoms with E-state index in [1.807, 2.05) is 0 Å². The van der Waals surface area contributed by atoms with Gasteiger partial charge in [-0.15, -0.1) is 0 Å². The first-order valence-corrected chi connectivity index (χ1v) is 8.71. The van der Waals surface area contributed by atoms with Crippen molar-refractivity contribution in [3.63, 3.8) is 0 Å². The monoisotopic (exact) mass is 289 g/mol. The lowest BCUT2D eigenvalue weighted by molar-refractivity contribution is 0.131. The first-order chi connectivity index (χ1) is 10.3. The molecule has 0 aliphatic heterocycles. The molecule has 1 aliphatic rings. The van der Waals surface area contributed by atoms with Gasteiger partial charge in [-0.25, -0.2) is 0 Å². The van der Waals surface area contributed by atoms with Crippen molar-refractivity contribution < 1.29 is 5.11 Å². The Balaban J connectivity index is 1.91. The van der Waals surface area contributed by atoms with Crippen molar-refractivity contribution in [1.29, 1.82) is 0 Å². The summed E-state index contributed by atoms with van der Waals surface area (Å²) < 4.78 is 0. The van der Waals surface area contributed by atoms with Gasteiger partial charge >= 0.3 is 0 Å². The second-order valence-corrected chi connectivity index (χ2v) is 6.45. The van der Waals surface area contributed by atoms with Gasteiger partial charge < -0.3 is 10.4 Å². The van der Waals surface area contributed by atoms with Gasteiger partial charge in [0, 0.05) is 12.6 Å². The first-order valence-electron chi connectivity index (χ1n) is 8.71. The third-order valence-electron chi connectivity index (χ3n) is 5.13. The summed E-state index contributed by atoms with van der Waals surface area (Å²) >= 11 is 0. The van der Waals surface area contributed by atoms with Crippen LogP contribution >= 0.6 is 0 Å². The highest BCUT2D eigenvalue weighted by atomic mass is 16.3. The van der Waals surface area contributed by atoms with Crippen LogP contribution in [0.1, 0.15) is 63.1 Å². The zero-order chi connectivity index (χ0) is 15.1. The van der Waals surface area contributed by atoms with Gasteiger partial charge in [0.15, 0.2) is 0 Å². The van der Waals surface area contributed by atoms with E-state index in [1.54, 1.807) is 0 Å². The molecule has 3 atom stereocenters. The first kappa shape index (κ1) is 16.5. The van der Waals surface area contributed by atoms with Crippen molar-refractivity contribution in [3.8, 4) is 0 Å². The Morgan fingerprint density at radius 3 is 2.33 bits per heavy atom. The molecule has 2 N–H and O–H groups in total. The molecule has 0 bridgehead atoms. The van der Waals surface area contributed by atoms with Gasteiger partial charge in [-0.2, -0.15) is 0 Å². The Bertz CT molecular complexity index is 401. The Morgan fingerprint density at radius 1 is 1.10 bits per heavy atom. The van der Waals surface area contributed by atoms with E-state index in [2.05, 4.69) is 43.4 Å². The van der Waals surface area contributed by atoms with Gasteiger partial charge in [-0.05, 0) is 55.2 Å². The molecule has 0 saturated heterocycles. The molecule has 3 unspecified atom stereocenters. The zero-order valence-electron chi connectivity index (χ0n) is 13.6. The van der Waals surface area contributed by atoms with Crippen molar-refractivity contribution in [2.45, 2.75) is 58.4 Å². The van der Waals surface area contributed by atoms with Crippen molar-refractivity contribution in [2.24, 2.45) is 11.8 Å². The highest BCUT2D eigenvalue weighted by molar-refractivity contribution is 5.25. The van der Waals surface area contributed by atoms with Crippen LogP contribution in [-0.2, 0) is 6.42 Å². The van der Waals surface area contributed by atoms with Gasteiger partial charge in [0.1, 0.15) is 0 Å². The van der Waals surface area contributed by atoms with Gasteiger partial charge in [-0.3, -0.25) is 0 Å². The van der Waals surface area contributed by atoms with Crippen LogP contribution in [0.2, 0.25) is 0 Å². The maximum absolute atomic E-state index is 9.53. The third kappa shape index (κ3) is 4.55. The highest BCUT2D eigenvalue weighted by Gasteiger charge is 2.24. The molecule has 0 radical (unpaired) electrons. The number of rotatable bonds is 7. The number of nitrogens with one attached hydrogen (secondary N) is 1. The van der Waals surface area contributed by atoms with Crippen molar-refractivity contribution in [1.82, 2.24) is 5.32 Å². The number of hydrogen-bond donors (Lipinski definition) is 2. The van der Waals surface area contributed by atoms with Crippen LogP contribution in [0, 0.1) is 11.8 Å². The zero-order valence-corrected chi connectivity index (χ0v) is 13.6. The molecule has 2 heteroatoms. The molecule has 0 amide bonds. The molecule has 1 aromatic carbocycles. The fourth-order valence-corrected chi connectivity index (χ4v) is 3.57. The molecule has 1 fully saturated rings. The lowest BCUT2D eigenvalue weighted by Crippen LogP contribution is -2.34. The third-order valence-corrected chi connectivity index (χ3v) is 5.13.